The normalized spacial score (nSPS) is 15.5. The Kier molecular flexibility index (Phi) is 4.07. The number of aryl methyl sites for hydroxylation is 1. The van der Waals surface area contributed by atoms with Gasteiger partial charge in [0.15, 0.2) is 0 Å². The topological polar surface area (TPSA) is 41.1 Å². The first-order chi connectivity index (χ1) is 8.06. The number of hydrogen-bond acceptors (Lipinski definition) is 2. The van der Waals surface area contributed by atoms with E-state index in [0.717, 1.165) is 28.8 Å². The first kappa shape index (κ1) is 12.9. The molecule has 0 saturated carbocycles. The number of benzene rings is 1. The molecule has 1 fully saturated rings. The molecule has 1 saturated heterocycles. The van der Waals surface area contributed by atoms with Crippen LogP contribution in [-0.2, 0) is 4.79 Å². The average molecular weight is 318 g/mol. The molecule has 0 atom stereocenters. The van der Waals surface area contributed by atoms with Gasteiger partial charge < -0.3 is 10.6 Å². The van der Waals surface area contributed by atoms with E-state index in [9.17, 15) is 4.79 Å². The van der Waals surface area contributed by atoms with Crippen LogP contribution in [-0.4, -0.2) is 19.0 Å². The summed E-state index contributed by atoms with van der Waals surface area (Å²) >= 11 is 9.45. The predicted molar refractivity (Wildman–Crippen MR) is 73.5 cm³/mol. The number of halogens is 2. The summed E-state index contributed by atoms with van der Waals surface area (Å²) in [5.41, 5.74) is 1.72. The maximum atomic E-state index is 11.8. The molecule has 1 amide bonds. The van der Waals surface area contributed by atoms with Crippen molar-refractivity contribution in [1.82, 2.24) is 5.32 Å². The summed E-state index contributed by atoms with van der Waals surface area (Å²) in [7, 11) is 0. The first-order valence-corrected chi connectivity index (χ1v) is 6.69. The Morgan fingerprint density at radius 1 is 1.59 bits per heavy atom. The highest BCUT2D eigenvalue weighted by Crippen LogP contribution is 2.29. The molecule has 2 rings (SSSR count). The summed E-state index contributed by atoms with van der Waals surface area (Å²) in [5, 5.41) is 6.69. The summed E-state index contributed by atoms with van der Waals surface area (Å²) in [6.07, 6.45) is 0.560. The Morgan fingerprint density at radius 3 is 2.88 bits per heavy atom. The van der Waals surface area contributed by atoms with Crippen LogP contribution in [0.1, 0.15) is 12.0 Å². The Morgan fingerprint density at radius 2 is 2.29 bits per heavy atom. The molecule has 17 heavy (non-hydrogen) atoms. The lowest BCUT2D eigenvalue weighted by Crippen LogP contribution is -2.43. The zero-order valence-electron chi connectivity index (χ0n) is 9.52. The maximum Gasteiger partial charge on any atom is 0.224 e. The molecule has 0 aromatic heterocycles. The SMILES string of the molecule is Cc1cc(Br)c(NC(=O)CC2CNC2)cc1Cl. The molecular formula is C12H14BrClN2O. The van der Waals surface area contributed by atoms with E-state index in [-0.39, 0.29) is 5.91 Å². The third-order valence-electron chi connectivity index (χ3n) is 2.86. The van der Waals surface area contributed by atoms with Gasteiger partial charge in [0.1, 0.15) is 0 Å². The zero-order chi connectivity index (χ0) is 12.4. The highest BCUT2D eigenvalue weighted by atomic mass is 79.9. The molecule has 3 nitrogen and oxygen atoms in total. The minimum Gasteiger partial charge on any atom is -0.325 e. The third-order valence-corrected chi connectivity index (χ3v) is 3.93. The van der Waals surface area contributed by atoms with Crippen molar-refractivity contribution in [2.75, 3.05) is 18.4 Å². The molecule has 0 bridgehead atoms. The van der Waals surface area contributed by atoms with Gasteiger partial charge in [-0.1, -0.05) is 11.6 Å². The summed E-state index contributed by atoms with van der Waals surface area (Å²) in [6, 6.07) is 3.68. The fourth-order valence-electron chi connectivity index (χ4n) is 1.70. The van der Waals surface area contributed by atoms with Crippen molar-refractivity contribution >= 4 is 39.1 Å². The summed E-state index contributed by atoms with van der Waals surface area (Å²) in [6.45, 7) is 3.80. The van der Waals surface area contributed by atoms with Gasteiger partial charge in [0.05, 0.1) is 5.69 Å². The molecule has 1 heterocycles. The van der Waals surface area contributed by atoms with E-state index >= 15 is 0 Å². The number of amides is 1. The quantitative estimate of drug-likeness (QED) is 0.900. The second kappa shape index (κ2) is 5.38. The lowest BCUT2D eigenvalue weighted by atomic mass is 9.99. The standard InChI is InChI=1S/C12H14BrClN2O/c1-7-2-9(13)11(4-10(7)14)16-12(17)3-8-5-15-6-8/h2,4,8,15H,3,5-6H2,1H3,(H,16,17). The molecule has 92 valence electrons. The van der Waals surface area contributed by atoms with Crippen molar-refractivity contribution in [1.29, 1.82) is 0 Å². The van der Waals surface area contributed by atoms with Crippen molar-refractivity contribution in [2.45, 2.75) is 13.3 Å². The van der Waals surface area contributed by atoms with Gasteiger partial charge in [0.25, 0.3) is 0 Å². The number of carbonyl (C=O) groups excluding carboxylic acids is 1. The van der Waals surface area contributed by atoms with Crippen LogP contribution < -0.4 is 10.6 Å². The fraction of sp³-hybridized carbons (Fsp3) is 0.417. The van der Waals surface area contributed by atoms with Crippen molar-refractivity contribution in [3.05, 3.63) is 27.2 Å². The highest BCUT2D eigenvalue weighted by Gasteiger charge is 2.20. The predicted octanol–water partition coefficient (Wildman–Crippen LogP) is 2.96. The summed E-state index contributed by atoms with van der Waals surface area (Å²) < 4.78 is 0.861. The second-order valence-corrected chi connectivity index (χ2v) is 5.62. The smallest absolute Gasteiger partial charge is 0.224 e. The van der Waals surface area contributed by atoms with E-state index in [4.69, 9.17) is 11.6 Å². The Hall–Kier alpha value is -0.580. The lowest BCUT2D eigenvalue weighted by molar-refractivity contribution is -0.117. The average Bonchev–Trinajstić information content (AvgIpc) is 2.20. The lowest BCUT2D eigenvalue weighted by Gasteiger charge is -2.26. The van der Waals surface area contributed by atoms with Gasteiger partial charge in [0.2, 0.25) is 5.91 Å². The van der Waals surface area contributed by atoms with E-state index < -0.39 is 0 Å². The molecule has 1 aliphatic heterocycles. The largest absolute Gasteiger partial charge is 0.325 e. The van der Waals surface area contributed by atoms with Crippen molar-refractivity contribution in [2.24, 2.45) is 5.92 Å². The molecule has 0 unspecified atom stereocenters. The zero-order valence-corrected chi connectivity index (χ0v) is 11.9. The monoisotopic (exact) mass is 316 g/mol. The minimum absolute atomic E-state index is 0.0390. The fourth-order valence-corrected chi connectivity index (χ4v) is 2.42. The van der Waals surface area contributed by atoms with Gasteiger partial charge in [-0.25, -0.2) is 0 Å². The Balaban J connectivity index is 2.02. The molecule has 0 spiro atoms. The second-order valence-electron chi connectivity index (χ2n) is 4.36. The summed E-state index contributed by atoms with van der Waals surface area (Å²) in [5.74, 6) is 0.506. The van der Waals surface area contributed by atoms with Gasteiger partial charge >= 0.3 is 0 Å². The highest BCUT2D eigenvalue weighted by molar-refractivity contribution is 9.10. The number of nitrogens with one attached hydrogen (secondary N) is 2. The molecule has 1 aliphatic rings. The number of hydrogen-bond donors (Lipinski definition) is 2. The van der Waals surface area contributed by atoms with Crippen LogP contribution in [0.25, 0.3) is 0 Å². The van der Waals surface area contributed by atoms with Gasteiger partial charge in [-0.3, -0.25) is 4.79 Å². The van der Waals surface area contributed by atoms with Crippen LogP contribution in [0.3, 0.4) is 0 Å². The first-order valence-electron chi connectivity index (χ1n) is 5.52. The van der Waals surface area contributed by atoms with Crippen LogP contribution in [0.4, 0.5) is 5.69 Å². The van der Waals surface area contributed by atoms with E-state index in [1.54, 1.807) is 6.07 Å². The van der Waals surface area contributed by atoms with Gasteiger partial charge in [-0.05, 0) is 59.6 Å². The minimum atomic E-state index is 0.0390. The Labute approximate surface area is 114 Å². The molecule has 0 aliphatic carbocycles. The number of carbonyl (C=O) groups is 1. The van der Waals surface area contributed by atoms with E-state index in [1.807, 2.05) is 13.0 Å². The number of rotatable bonds is 3. The molecule has 1 aromatic carbocycles. The summed E-state index contributed by atoms with van der Waals surface area (Å²) in [4.78, 5) is 11.8. The molecular weight excluding hydrogens is 304 g/mol. The van der Waals surface area contributed by atoms with E-state index in [2.05, 4.69) is 26.6 Å². The van der Waals surface area contributed by atoms with Gasteiger partial charge in [-0.2, -0.15) is 0 Å². The van der Waals surface area contributed by atoms with Crippen LogP contribution in [0.5, 0.6) is 0 Å². The maximum absolute atomic E-state index is 11.8. The van der Waals surface area contributed by atoms with Crippen molar-refractivity contribution < 1.29 is 4.79 Å². The number of anilines is 1. The van der Waals surface area contributed by atoms with E-state index in [0.29, 0.717) is 17.4 Å². The molecule has 2 N–H and O–H groups in total. The molecule has 1 aromatic rings. The van der Waals surface area contributed by atoms with Crippen LogP contribution in [0, 0.1) is 12.8 Å². The molecule has 5 heteroatoms. The van der Waals surface area contributed by atoms with Crippen LogP contribution >= 0.6 is 27.5 Å². The van der Waals surface area contributed by atoms with Gasteiger partial charge in [-0.15, -0.1) is 0 Å². The molecule has 0 radical (unpaired) electrons. The van der Waals surface area contributed by atoms with Crippen LogP contribution in [0.15, 0.2) is 16.6 Å². The Bertz CT molecular complexity index is 446. The van der Waals surface area contributed by atoms with Crippen LogP contribution in [0.2, 0.25) is 5.02 Å². The third kappa shape index (κ3) is 3.21. The van der Waals surface area contributed by atoms with Gasteiger partial charge in [0, 0.05) is 15.9 Å². The van der Waals surface area contributed by atoms with E-state index in [1.165, 1.54) is 0 Å². The van der Waals surface area contributed by atoms with Crippen molar-refractivity contribution in [3.8, 4) is 0 Å². The van der Waals surface area contributed by atoms with Crippen molar-refractivity contribution in [3.63, 3.8) is 0 Å².